The predicted octanol–water partition coefficient (Wildman–Crippen LogP) is 1.49. The molecule has 1 atom stereocenters. The van der Waals surface area contributed by atoms with Crippen molar-refractivity contribution in [1.82, 2.24) is 15.0 Å². The molecule has 0 radical (unpaired) electrons. The van der Waals surface area contributed by atoms with Crippen molar-refractivity contribution >= 4 is 17.5 Å². The molecule has 1 heterocycles. The fraction of sp³-hybridized carbons (Fsp3) is 0.700. The maximum atomic E-state index is 9.59. The molecule has 0 fully saturated rings. The number of hydrogen-bond acceptors (Lipinski definition) is 6. The van der Waals surface area contributed by atoms with Gasteiger partial charge < -0.3 is 15.2 Å². The summed E-state index contributed by atoms with van der Waals surface area (Å²) in [5, 5.41) is 12.6. The van der Waals surface area contributed by atoms with Crippen molar-refractivity contribution in [3.05, 3.63) is 5.28 Å². The van der Waals surface area contributed by atoms with Crippen LogP contribution in [0.4, 0.5) is 5.95 Å². The topological polar surface area (TPSA) is 80.2 Å². The van der Waals surface area contributed by atoms with Gasteiger partial charge in [-0.3, -0.25) is 0 Å². The Morgan fingerprint density at radius 1 is 1.41 bits per heavy atom. The molecule has 0 amide bonds. The number of nitrogens with one attached hydrogen (secondary N) is 1. The van der Waals surface area contributed by atoms with E-state index in [2.05, 4.69) is 20.3 Å². The van der Waals surface area contributed by atoms with Crippen molar-refractivity contribution in [2.45, 2.75) is 39.3 Å². The number of nitrogens with zero attached hydrogens (tertiary/aromatic N) is 3. The second kappa shape index (κ2) is 5.46. The Morgan fingerprint density at radius 2 is 2.06 bits per heavy atom. The molecule has 1 rings (SSSR count). The van der Waals surface area contributed by atoms with E-state index in [-0.39, 0.29) is 17.2 Å². The molecule has 96 valence electrons. The first-order chi connectivity index (χ1) is 7.85. The first kappa shape index (κ1) is 13.9. The fourth-order valence-electron chi connectivity index (χ4n) is 0.974. The number of rotatable bonds is 5. The fourth-order valence-corrected chi connectivity index (χ4v) is 1.13. The zero-order chi connectivity index (χ0) is 13.1. The van der Waals surface area contributed by atoms with Crippen molar-refractivity contribution in [3.8, 4) is 6.01 Å². The summed E-state index contributed by atoms with van der Waals surface area (Å²) in [5.74, 6) is 0.277. The van der Waals surface area contributed by atoms with Crippen molar-refractivity contribution < 1.29 is 9.84 Å². The van der Waals surface area contributed by atoms with Crippen LogP contribution in [0.5, 0.6) is 6.01 Å². The van der Waals surface area contributed by atoms with E-state index in [0.29, 0.717) is 6.61 Å². The summed E-state index contributed by atoms with van der Waals surface area (Å²) < 4.78 is 5.15. The predicted molar refractivity (Wildman–Crippen MR) is 65.4 cm³/mol. The van der Waals surface area contributed by atoms with Gasteiger partial charge in [0.05, 0.1) is 18.2 Å². The SMILES string of the molecule is CCOc1nc(Cl)nc(NC(C)(C)C(C)O)n1. The van der Waals surface area contributed by atoms with Gasteiger partial charge in [-0.15, -0.1) is 0 Å². The Balaban J connectivity index is 2.91. The zero-order valence-electron chi connectivity index (χ0n) is 10.4. The first-order valence-corrected chi connectivity index (χ1v) is 5.73. The van der Waals surface area contributed by atoms with Crippen molar-refractivity contribution in [1.29, 1.82) is 0 Å². The number of aromatic nitrogens is 3. The summed E-state index contributed by atoms with van der Waals surface area (Å²) in [6.07, 6.45) is -0.575. The van der Waals surface area contributed by atoms with E-state index in [1.165, 1.54) is 0 Å². The normalized spacial score (nSPS) is 13.3. The highest BCUT2D eigenvalue weighted by atomic mass is 35.5. The molecular formula is C10H17ClN4O2. The number of halogens is 1. The van der Waals surface area contributed by atoms with Crippen LogP contribution in [0.1, 0.15) is 27.7 Å². The molecule has 0 aliphatic rings. The minimum atomic E-state index is -0.575. The summed E-state index contributed by atoms with van der Waals surface area (Å²) in [6, 6.07) is 0.163. The lowest BCUT2D eigenvalue weighted by Crippen LogP contribution is -2.42. The van der Waals surface area contributed by atoms with Gasteiger partial charge in [-0.2, -0.15) is 15.0 Å². The minimum Gasteiger partial charge on any atom is -0.464 e. The van der Waals surface area contributed by atoms with Gasteiger partial charge in [0.2, 0.25) is 11.2 Å². The lowest BCUT2D eigenvalue weighted by atomic mass is 9.99. The molecule has 6 nitrogen and oxygen atoms in total. The second-order valence-electron chi connectivity index (χ2n) is 4.17. The molecule has 0 aliphatic heterocycles. The molecule has 0 aliphatic carbocycles. The number of aliphatic hydroxyl groups excluding tert-OH is 1. The summed E-state index contributed by atoms with van der Waals surface area (Å²) in [5.41, 5.74) is -0.575. The van der Waals surface area contributed by atoms with Gasteiger partial charge in [0.1, 0.15) is 0 Å². The van der Waals surface area contributed by atoms with Crippen molar-refractivity contribution in [2.75, 3.05) is 11.9 Å². The molecule has 1 aromatic rings. The number of hydrogen-bond donors (Lipinski definition) is 2. The highest BCUT2D eigenvalue weighted by Gasteiger charge is 2.25. The molecule has 7 heteroatoms. The van der Waals surface area contributed by atoms with Gasteiger partial charge in [0, 0.05) is 0 Å². The van der Waals surface area contributed by atoms with Crippen LogP contribution in [0.25, 0.3) is 0 Å². The molecule has 0 aromatic carbocycles. The van der Waals surface area contributed by atoms with Crippen LogP contribution in [0, 0.1) is 0 Å². The summed E-state index contributed by atoms with van der Waals surface area (Å²) in [7, 11) is 0. The van der Waals surface area contributed by atoms with Crippen LogP contribution >= 0.6 is 11.6 Å². The first-order valence-electron chi connectivity index (χ1n) is 5.35. The number of anilines is 1. The summed E-state index contributed by atoms with van der Waals surface area (Å²) >= 11 is 5.75. The molecule has 0 saturated heterocycles. The Morgan fingerprint density at radius 3 is 2.59 bits per heavy atom. The molecule has 0 saturated carbocycles. The molecule has 17 heavy (non-hydrogen) atoms. The lowest BCUT2D eigenvalue weighted by molar-refractivity contribution is 0.132. The van der Waals surface area contributed by atoms with Gasteiger partial charge in [0.15, 0.2) is 0 Å². The van der Waals surface area contributed by atoms with E-state index in [9.17, 15) is 5.11 Å². The van der Waals surface area contributed by atoms with Crippen LogP contribution in [-0.2, 0) is 0 Å². The summed E-state index contributed by atoms with van der Waals surface area (Å²) in [4.78, 5) is 11.8. The number of ether oxygens (including phenoxy) is 1. The third-order valence-electron chi connectivity index (χ3n) is 2.34. The third kappa shape index (κ3) is 3.98. The average molecular weight is 261 g/mol. The maximum absolute atomic E-state index is 9.59. The lowest BCUT2D eigenvalue weighted by Gasteiger charge is -2.29. The van der Waals surface area contributed by atoms with E-state index < -0.39 is 11.6 Å². The van der Waals surface area contributed by atoms with E-state index in [4.69, 9.17) is 16.3 Å². The highest BCUT2D eigenvalue weighted by Crippen LogP contribution is 2.18. The molecular weight excluding hydrogens is 244 g/mol. The summed E-state index contributed by atoms with van der Waals surface area (Å²) in [6.45, 7) is 7.61. The molecule has 1 aromatic heterocycles. The third-order valence-corrected chi connectivity index (χ3v) is 2.51. The van der Waals surface area contributed by atoms with E-state index >= 15 is 0 Å². The molecule has 0 bridgehead atoms. The van der Waals surface area contributed by atoms with Gasteiger partial charge >= 0.3 is 6.01 Å². The minimum absolute atomic E-state index is 0.0485. The maximum Gasteiger partial charge on any atom is 0.322 e. The van der Waals surface area contributed by atoms with Gasteiger partial charge in [-0.05, 0) is 39.3 Å². The van der Waals surface area contributed by atoms with E-state index in [1.54, 1.807) is 6.92 Å². The highest BCUT2D eigenvalue weighted by molar-refractivity contribution is 6.28. The van der Waals surface area contributed by atoms with Crippen LogP contribution in [0.3, 0.4) is 0 Å². The Hall–Kier alpha value is -1.14. The quantitative estimate of drug-likeness (QED) is 0.835. The van der Waals surface area contributed by atoms with Gasteiger partial charge in [0.25, 0.3) is 0 Å². The van der Waals surface area contributed by atoms with Crippen LogP contribution in [-0.4, -0.2) is 38.3 Å². The smallest absolute Gasteiger partial charge is 0.322 e. The zero-order valence-corrected chi connectivity index (χ0v) is 11.1. The van der Waals surface area contributed by atoms with Crippen molar-refractivity contribution in [3.63, 3.8) is 0 Å². The van der Waals surface area contributed by atoms with Crippen LogP contribution < -0.4 is 10.1 Å². The van der Waals surface area contributed by atoms with E-state index in [0.717, 1.165) is 0 Å². The van der Waals surface area contributed by atoms with Crippen LogP contribution in [0.15, 0.2) is 0 Å². The second-order valence-corrected chi connectivity index (χ2v) is 4.50. The van der Waals surface area contributed by atoms with Gasteiger partial charge in [-0.1, -0.05) is 0 Å². The Bertz CT molecular complexity index is 385. The van der Waals surface area contributed by atoms with E-state index in [1.807, 2.05) is 20.8 Å². The standard InChI is InChI=1S/C10H17ClN4O2/c1-5-17-9-13-7(11)12-8(14-9)15-10(3,4)6(2)16/h6,16H,5H2,1-4H3,(H,12,13,14,15). The van der Waals surface area contributed by atoms with Gasteiger partial charge in [-0.25, -0.2) is 0 Å². The molecule has 0 spiro atoms. The number of aliphatic hydroxyl groups is 1. The Labute approximate surface area is 105 Å². The monoisotopic (exact) mass is 260 g/mol. The largest absolute Gasteiger partial charge is 0.464 e. The average Bonchev–Trinajstić information content (AvgIpc) is 2.15. The molecule has 1 unspecified atom stereocenters. The van der Waals surface area contributed by atoms with Crippen LogP contribution in [0.2, 0.25) is 5.28 Å². The van der Waals surface area contributed by atoms with Crippen molar-refractivity contribution in [2.24, 2.45) is 0 Å². The Kier molecular flexibility index (Phi) is 4.47. The molecule has 2 N–H and O–H groups in total.